The standard InChI is InChI=1S/C15H29N2O6P/c1-5-6-9-13(16)24(21,22-4)23-12(3)14(18)17(15(19)20)10-7-8-11(17)2/h11-13H,5-10,16H2,1-4H3/p+1/t11-,12?,13+,17?,24?/m1/s1. The van der Waals surface area contributed by atoms with Crippen molar-refractivity contribution in [2.75, 3.05) is 13.7 Å². The van der Waals surface area contributed by atoms with Crippen LogP contribution in [-0.4, -0.2) is 53.2 Å². The lowest BCUT2D eigenvalue weighted by Gasteiger charge is -2.33. The summed E-state index contributed by atoms with van der Waals surface area (Å²) in [6.45, 7) is 5.33. The molecule has 1 saturated heterocycles. The number of nitrogens with zero attached hydrogens (tertiary/aromatic N) is 1. The zero-order valence-corrected chi connectivity index (χ0v) is 15.8. The minimum atomic E-state index is -3.70. The third-order valence-electron chi connectivity index (χ3n) is 4.79. The van der Waals surface area contributed by atoms with Crippen LogP contribution in [0.25, 0.3) is 0 Å². The Kier molecular flexibility index (Phi) is 7.56. The average molecular weight is 365 g/mol. The van der Waals surface area contributed by atoms with Gasteiger partial charge in [-0.25, -0.2) is 4.79 Å². The first-order valence-electron chi connectivity index (χ1n) is 8.40. The van der Waals surface area contributed by atoms with Gasteiger partial charge in [0.15, 0.2) is 6.10 Å². The molecule has 0 radical (unpaired) electrons. The van der Waals surface area contributed by atoms with E-state index in [9.17, 15) is 19.3 Å². The third kappa shape index (κ3) is 4.06. The molecule has 1 aliphatic heterocycles. The van der Waals surface area contributed by atoms with Gasteiger partial charge in [-0.2, -0.15) is 9.28 Å². The van der Waals surface area contributed by atoms with Crippen molar-refractivity contribution in [3.63, 3.8) is 0 Å². The number of rotatable bonds is 8. The number of quaternary nitrogens is 1. The lowest BCUT2D eigenvalue weighted by Crippen LogP contribution is -2.61. The number of imide groups is 1. The van der Waals surface area contributed by atoms with E-state index in [-0.39, 0.29) is 12.6 Å². The van der Waals surface area contributed by atoms with Crippen molar-refractivity contribution in [3.05, 3.63) is 0 Å². The molecule has 3 N–H and O–H groups in total. The fourth-order valence-electron chi connectivity index (χ4n) is 3.20. The number of likely N-dealkylation sites (tertiary alicyclic amines) is 1. The summed E-state index contributed by atoms with van der Waals surface area (Å²) in [5.41, 5.74) is 5.92. The molecule has 1 aliphatic rings. The van der Waals surface area contributed by atoms with Gasteiger partial charge in [0.1, 0.15) is 11.8 Å². The monoisotopic (exact) mass is 365 g/mol. The molecule has 24 heavy (non-hydrogen) atoms. The Bertz CT molecular complexity index is 514. The van der Waals surface area contributed by atoms with Gasteiger partial charge in [0.05, 0.1) is 6.54 Å². The lowest BCUT2D eigenvalue weighted by molar-refractivity contribution is -0.793. The molecule has 1 fully saturated rings. The Morgan fingerprint density at radius 3 is 2.50 bits per heavy atom. The van der Waals surface area contributed by atoms with Gasteiger partial charge in [-0.1, -0.05) is 19.8 Å². The SMILES string of the molecule is CCCC[C@@H](N)P(=O)(OC)OC(C)C(=O)[N+]1(C(=O)O)CCC[C@H]1C. The Morgan fingerprint density at radius 1 is 1.46 bits per heavy atom. The molecule has 0 aromatic rings. The zero-order valence-electron chi connectivity index (χ0n) is 14.9. The first kappa shape index (κ1) is 21.3. The fourth-order valence-corrected chi connectivity index (χ4v) is 4.74. The van der Waals surface area contributed by atoms with Crippen molar-refractivity contribution < 1.29 is 32.8 Å². The van der Waals surface area contributed by atoms with Gasteiger partial charge in [0.2, 0.25) is 0 Å². The molecule has 0 aromatic carbocycles. The van der Waals surface area contributed by atoms with Crippen LogP contribution in [0.15, 0.2) is 0 Å². The van der Waals surface area contributed by atoms with E-state index in [0.717, 1.165) is 12.8 Å². The van der Waals surface area contributed by atoms with Crippen molar-refractivity contribution >= 4 is 19.6 Å². The summed E-state index contributed by atoms with van der Waals surface area (Å²) < 4.78 is 22.5. The summed E-state index contributed by atoms with van der Waals surface area (Å²) >= 11 is 0. The fraction of sp³-hybridized carbons (Fsp3) is 0.867. The molecule has 8 nitrogen and oxygen atoms in total. The van der Waals surface area contributed by atoms with E-state index in [1.54, 1.807) is 6.92 Å². The van der Waals surface area contributed by atoms with Crippen molar-refractivity contribution in [2.45, 2.75) is 70.8 Å². The van der Waals surface area contributed by atoms with Crippen LogP contribution in [0.4, 0.5) is 4.79 Å². The number of hydrogen-bond donors (Lipinski definition) is 2. The number of carboxylic acid groups (broad SMARTS) is 1. The maximum absolute atomic E-state index is 12.8. The highest BCUT2D eigenvalue weighted by Gasteiger charge is 2.55. The van der Waals surface area contributed by atoms with E-state index in [1.165, 1.54) is 14.0 Å². The summed E-state index contributed by atoms with van der Waals surface area (Å²) in [5.74, 6) is -1.46. The molecular formula is C15H30N2O6P+. The minimum Gasteiger partial charge on any atom is -0.435 e. The van der Waals surface area contributed by atoms with E-state index in [0.29, 0.717) is 19.3 Å². The summed E-state index contributed by atoms with van der Waals surface area (Å²) in [7, 11) is -2.47. The molecule has 1 rings (SSSR count). The Morgan fingerprint density at radius 2 is 2.08 bits per heavy atom. The molecule has 5 atom stereocenters. The molecule has 9 heteroatoms. The largest absolute Gasteiger partial charge is 0.521 e. The molecule has 0 saturated carbocycles. The van der Waals surface area contributed by atoms with Crippen molar-refractivity contribution in [2.24, 2.45) is 5.73 Å². The maximum atomic E-state index is 12.8. The normalized spacial score (nSPS) is 29.0. The van der Waals surface area contributed by atoms with Gasteiger partial charge in [-0.15, -0.1) is 0 Å². The Balaban J connectivity index is 2.95. The summed E-state index contributed by atoms with van der Waals surface area (Å²) in [6, 6.07) is -0.350. The average Bonchev–Trinajstić information content (AvgIpc) is 2.93. The van der Waals surface area contributed by atoms with Crippen LogP contribution in [-0.2, 0) is 18.4 Å². The third-order valence-corrected chi connectivity index (χ3v) is 6.98. The number of carbonyl (C=O) groups is 2. The number of hydrogen-bond acceptors (Lipinski definition) is 6. The molecule has 0 spiro atoms. The molecule has 2 amide bonds. The molecule has 3 unspecified atom stereocenters. The van der Waals surface area contributed by atoms with Crippen LogP contribution in [0.1, 0.15) is 52.9 Å². The highest BCUT2D eigenvalue weighted by atomic mass is 31.2. The Hall–Kier alpha value is -0.790. The number of carbonyl (C=O) groups excluding carboxylic acids is 1. The summed E-state index contributed by atoms with van der Waals surface area (Å²) in [4.78, 5) is 24.6. The molecule has 0 bridgehead atoms. The minimum absolute atomic E-state index is 0.211. The summed E-state index contributed by atoms with van der Waals surface area (Å²) in [5, 5.41) is 9.61. The van der Waals surface area contributed by atoms with Gasteiger partial charge in [0.25, 0.3) is 0 Å². The molecule has 140 valence electrons. The van der Waals surface area contributed by atoms with E-state index >= 15 is 0 Å². The maximum Gasteiger partial charge on any atom is 0.521 e. The Labute approximate surface area is 143 Å². The van der Waals surface area contributed by atoms with Gasteiger partial charge >= 0.3 is 19.6 Å². The van der Waals surface area contributed by atoms with E-state index in [2.05, 4.69) is 0 Å². The van der Waals surface area contributed by atoms with Crippen LogP contribution >= 0.6 is 7.60 Å². The van der Waals surface area contributed by atoms with Crippen LogP contribution in [0.5, 0.6) is 0 Å². The molecular weight excluding hydrogens is 335 g/mol. The topological polar surface area (TPSA) is 116 Å². The van der Waals surface area contributed by atoms with E-state index in [1.807, 2.05) is 6.92 Å². The first-order chi connectivity index (χ1) is 11.2. The predicted molar refractivity (Wildman–Crippen MR) is 89.5 cm³/mol. The molecule has 0 aromatic heterocycles. The van der Waals surface area contributed by atoms with E-state index in [4.69, 9.17) is 14.8 Å². The van der Waals surface area contributed by atoms with Crippen LogP contribution in [0.3, 0.4) is 0 Å². The smallest absolute Gasteiger partial charge is 0.435 e. The number of nitrogens with two attached hydrogens (primary N) is 1. The highest BCUT2D eigenvalue weighted by Crippen LogP contribution is 2.53. The van der Waals surface area contributed by atoms with Crippen molar-refractivity contribution in [1.82, 2.24) is 0 Å². The second-order valence-electron chi connectivity index (χ2n) is 6.38. The van der Waals surface area contributed by atoms with Crippen LogP contribution < -0.4 is 5.73 Å². The predicted octanol–water partition coefficient (Wildman–Crippen LogP) is 2.91. The summed E-state index contributed by atoms with van der Waals surface area (Å²) in [6.07, 6.45) is 0.974. The van der Waals surface area contributed by atoms with Gasteiger partial charge in [-0.05, 0) is 20.3 Å². The van der Waals surface area contributed by atoms with Gasteiger partial charge in [0, 0.05) is 20.0 Å². The van der Waals surface area contributed by atoms with Gasteiger partial charge < -0.3 is 15.4 Å². The number of amides is 2. The second-order valence-corrected chi connectivity index (χ2v) is 8.70. The quantitative estimate of drug-likeness (QED) is 0.502. The first-order valence-corrected chi connectivity index (χ1v) is 10.0. The van der Waals surface area contributed by atoms with Gasteiger partial charge in [-0.3, -0.25) is 9.09 Å². The van der Waals surface area contributed by atoms with E-state index < -0.39 is 36.0 Å². The second kappa shape index (κ2) is 8.54. The number of unbranched alkanes of at least 4 members (excludes halogenated alkanes) is 1. The van der Waals surface area contributed by atoms with Crippen LogP contribution in [0, 0.1) is 0 Å². The molecule has 1 heterocycles. The zero-order chi connectivity index (χ0) is 18.5. The highest BCUT2D eigenvalue weighted by molar-refractivity contribution is 7.54. The van der Waals surface area contributed by atoms with Crippen LogP contribution in [0.2, 0.25) is 0 Å². The van der Waals surface area contributed by atoms with Crippen molar-refractivity contribution in [1.29, 1.82) is 0 Å². The van der Waals surface area contributed by atoms with Crippen molar-refractivity contribution in [3.8, 4) is 0 Å². The molecule has 0 aliphatic carbocycles. The lowest BCUT2D eigenvalue weighted by atomic mass is 10.2.